The molecule has 1 aromatic carbocycles. The summed E-state index contributed by atoms with van der Waals surface area (Å²) in [4.78, 5) is 29.9. The van der Waals surface area contributed by atoms with E-state index in [1.165, 1.54) is 0 Å². The maximum absolute atomic E-state index is 13.3. The summed E-state index contributed by atoms with van der Waals surface area (Å²) >= 11 is 6.24. The second-order valence-corrected chi connectivity index (χ2v) is 9.74. The van der Waals surface area contributed by atoms with E-state index in [4.69, 9.17) is 21.3 Å². The summed E-state index contributed by atoms with van der Waals surface area (Å²) in [5.74, 6) is 0.925. The molecule has 198 valence electrons. The van der Waals surface area contributed by atoms with Crippen molar-refractivity contribution < 1.29 is 9.53 Å². The molecule has 5 rings (SSSR count). The first kappa shape index (κ1) is 25.9. The van der Waals surface area contributed by atoms with Gasteiger partial charge in [-0.15, -0.1) is 0 Å². The normalized spacial score (nSPS) is 14.8. The number of imidazole rings is 1. The molecule has 0 bridgehead atoms. The Morgan fingerprint density at radius 1 is 1.24 bits per heavy atom. The van der Waals surface area contributed by atoms with Crippen LogP contribution in [0.3, 0.4) is 0 Å². The number of amides is 1. The van der Waals surface area contributed by atoms with Gasteiger partial charge in [0.1, 0.15) is 17.8 Å². The van der Waals surface area contributed by atoms with Gasteiger partial charge in [0.2, 0.25) is 5.95 Å². The summed E-state index contributed by atoms with van der Waals surface area (Å²) in [7, 11) is 0. The van der Waals surface area contributed by atoms with Gasteiger partial charge in [-0.3, -0.25) is 9.36 Å². The van der Waals surface area contributed by atoms with Gasteiger partial charge in [0, 0.05) is 67.2 Å². The zero-order valence-corrected chi connectivity index (χ0v) is 21.9. The average molecular weight is 535 g/mol. The molecule has 0 spiro atoms. The van der Waals surface area contributed by atoms with Crippen LogP contribution < -0.4 is 16.0 Å². The molecule has 4 heterocycles. The number of hydrogen-bond donors (Lipinski definition) is 4. The predicted molar refractivity (Wildman–Crippen MR) is 146 cm³/mol. The van der Waals surface area contributed by atoms with Gasteiger partial charge in [0.05, 0.1) is 6.04 Å². The number of ether oxygens (including phenoxy) is 1. The molecule has 1 aliphatic heterocycles. The standard InChI is InChI=1S/C27H31ClN8O2/c1-18-13-31-27(33-21-7-10-38-11-8-21)35-25(18)36-16-24(32-17-36)26(37)34-23(19-4-2-5-20(28)12-19)15-29-14-22-6-3-9-30-22/h2-6,9,12-13,16-17,21,23,29-30H,7-8,10-11,14-15H2,1H3,(H,34,37)(H,31,33,35). The van der Waals surface area contributed by atoms with Crippen LogP contribution >= 0.6 is 11.6 Å². The number of nitrogens with zero attached hydrogens (tertiary/aromatic N) is 4. The molecule has 0 radical (unpaired) electrons. The molecule has 10 nitrogen and oxygen atoms in total. The second-order valence-electron chi connectivity index (χ2n) is 9.30. The number of rotatable bonds is 10. The maximum atomic E-state index is 13.3. The van der Waals surface area contributed by atoms with Crippen LogP contribution in [0.5, 0.6) is 0 Å². The van der Waals surface area contributed by atoms with Crippen molar-refractivity contribution in [1.82, 2.24) is 35.1 Å². The van der Waals surface area contributed by atoms with Crippen LogP contribution in [0.1, 0.15) is 46.2 Å². The number of aromatic amines is 1. The number of hydrogen-bond acceptors (Lipinski definition) is 7. The largest absolute Gasteiger partial charge is 0.381 e. The Morgan fingerprint density at radius 2 is 2.11 bits per heavy atom. The fourth-order valence-electron chi connectivity index (χ4n) is 4.38. The van der Waals surface area contributed by atoms with Crippen molar-refractivity contribution in [1.29, 1.82) is 0 Å². The van der Waals surface area contributed by atoms with Crippen molar-refractivity contribution in [2.24, 2.45) is 0 Å². The minimum absolute atomic E-state index is 0.275. The first-order valence-electron chi connectivity index (χ1n) is 12.7. The van der Waals surface area contributed by atoms with E-state index in [0.717, 1.165) is 42.9 Å². The van der Waals surface area contributed by atoms with Gasteiger partial charge in [-0.1, -0.05) is 23.7 Å². The molecule has 1 atom stereocenters. The maximum Gasteiger partial charge on any atom is 0.272 e. The monoisotopic (exact) mass is 534 g/mol. The summed E-state index contributed by atoms with van der Waals surface area (Å²) in [5.41, 5.74) is 3.13. The fraction of sp³-hybridized carbons (Fsp3) is 0.333. The van der Waals surface area contributed by atoms with Crippen molar-refractivity contribution in [3.05, 3.63) is 88.9 Å². The smallest absolute Gasteiger partial charge is 0.272 e. The first-order chi connectivity index (χ1) is 18.5. The Hall–Kier alpha value is -3.73. The highest BCUT2D eigenvalue weighted by Gasteiger charge is 2.20. The molecule has 4 aromatic rings. The SMILES string of the molecule is Cc1cnc(NC2CCOCC2)nc1-n1cnc(C(=O)NC(CNCc2ccc[nH]2)c2cccc(Cl)c2)c1. The Morgan fingerprint density at radius 3 is 2.89 bits per heavy atom. The minimum Gasteiger partial charge on any atom is -0.381 e. The molecular weight excluding hydrogens is 504 g/mol. The third-order valence-electron chi connectivity index (χ3n) is 6.44. The first-order valence-corrected chi connectivity index (χ1v) is 13.0. The number of halogens is 1. The highest BCUT2D eigenvalue weighted by atomic mass is 35.5. The number of benzene rings is 1. The topological polar surface area (TPSA) is 122 Å². The van der Waals surface area contributed by atoms with Crippen molar-refractivity contribution in [2.45, 2.75) is 38.4 Å². The van der Waals surface area contributed by atoms with E-state index >= 15 is 0 Å². The van der Waals surface area contributed by atoms with E-state index in [-0.39, 0.29) is 18.0 Å². The van der Waals surface area contributed by atoms with Gasteiger partial charge in [0.25, 0.3) is 5.91 Å². The Kier molecular flexibility index (Phi) is 8.32. The van der Waals surface area contributed by atoms with E-state index in [9.17, 15) is 4.79 Å². The molecule has 1 aliphatic rings. The van der Waals surface area contributed by atoms with Crippen molar-refractivity contribution in [3.8, 4) is 5.82 Å². The highest BCUT2D eigenvalue weighted by Crippen LogP contribution is 2.19. The molecule has 1 amide bonds. The molecular formula is C27H31ClN8O2. The van der Waals surface area contributed by atoms with Crippen LogP contribution in [0.4, 0.5) is 5.95 Å². The van der Waals surface area contributed by atoms with Crippen LogP contribution in [-0.2, 0) is 11.3 Å². The van der Waals surface area contributed by atoms with Crippen molar-refractivity contribution in [2.75, 3.05) is 25.1 Å². The molecule has 11 heteroatoms. The van der Waals surface area contributed by atoms with Gasteiger partial charge < -0.3 is 25.7 Å². The number of carbonyl (C=O) groups excluding carboxylic acids is 1. The number of carbonyl (C=O) groups is 1. The lowest BCUT2D eigenvalue weighted by molar-refractivity contribution is 0.0903. The summed E-state index contributed by atoms with van der Waals surface area (Å²) in [6.45, 7) is 4.55. The summed E-state index contributed by atoms with van der Waals surface area (Å²) < 4.78 is 7.18. The predicted octanol–water partition coefficient (Wildman–Crippen LogP) is 3.80. The number of H-pyrrole nitrogens is 1. The van der Waals surface area contributed by atoms with Gasteiger partial charge in [-0.05, 0) is 49.6 Å². The quantitative estimate of drug-likeness (QED) is 0.244. The van der Waals surface area contributed by atoms with Gasteiger partial charge in [0.15, 0.2) is 0 Å². The summed E-state index contributed by atoms with van der Waals surface area (Å²) in [5, 5.41) is 10.5. The lowest BCUT2D eigenvalue weighted by Gasteiger charge is -2.23. The second kappa shape index (κ2) is 12.2. The van der Waals surface area contributed by atoms with Crippen LogP contribution in [-0.4, -0.2) is 56.2 Å². The third-order valence-corrected chi connectivity index (χ3v) is 6.68. The Balaban J connectivity index is 1.29. The molecule has 38 heavy (non-hydrogen) atoms. The molecule has 0 saturated carbocycles. The zero-order valence-electron chi connectivity index (χ0n) is 21.2. The number of aromatic nitrogens is 5. The van der Waals surface area contributed by atoms with Gasteiger partial charge >= 0.3 is 0 Å². The van der Waals surface area contributed by atoms with E-state index in [2.05, 4.69) is 30.9 Å². The summed E-state index contributed by atoms with van der Waals surface area (Å²) in [6, 6.07) is 11.4. The molecule has 1 saturated heterocycles. The van der Waals surface area contributed by atoms with Crippen LogP contribution in [0.2, 0.25) is 5.02 Å². The average Bonchev–Trinajstić information content (AvgIpc) is 3.63. The number of anilines is 1. The van der Waals surface area contributed by atoms with Gasteiger partial charge in [-0.2, -0.15) is 4.98 Å². The summed E-state index contributed by atoms with van der Waals surface area (Å²) in [6.07, 6.45) is 8.76. The lowest BCUT2D eigenvalue weighted by atomic mass is 10.1. The van der Waals surface area contributed by atoms with Crippen LogP contribution in [0, 0.1) is 6.92 Å². The van der Waals surface area contributed by atoms with Gasteiger partial charge in [-0.25, -0.2) is 9.97 Å². The van der Waals surface area contributed by atoms with E-state index in [1.54, 1.807) is 23.3 Å². The molecule has 3 aromatic heterocycles. The number of nitrogens with one attached hydrogen (secondary N) is 4. The Labute approximate surface area is 226 Å². The number of aryl methyl sites for hydroxylation is 1. The van der Waals surface area contributed by atoms with E-state index in [0.29, 0.717) is 35.6 Å². The van der Waals surface area contributed by atoms with Crippen LogP contribution in [0.15, 0.2) is 61.3 Å². The van der Waals surface area contributed by atoms with E-state index < -0.39 is 0 Å². The Bertz CT molecular complexity index is 1350. The minimum atomic E-state index is -0.308. The third kappa shape index (κ3) is 6.58. The molecule has 4 N–H and O–H groups in total. The molecule has 1 fully saturated rings. The molecule has 0 aliphatic carbocycles. The van der Waals surface area contributed by atoms with Crippen molar-refractivity contribution in [3.63, 3.8) is 0 Å². The zero-order chi connectivity index (χ0) is 26.3. The van der Waals surface area contributed by atoms with Crippen molar-refractivity contribution >= 4 is 23.5 Å². The molecule has 1 unspecified atom stereocenters. The van der Waals surface area contributed by atoms with E-state index in [1.807, 2.05) is 49.5 Å². The highest BCUT2D eigenvalue weighted by molar-refractivity contribution is 6.30. The fourth-order valence-corrected chi connectivity index (χ4v) is 4.58. The van der Waals surface area contributed by atoms with Crippen LogP contribution in [0.25, 0.3) is 5.82 Å². The lowest BCUT2D eigenvalue weighted by Crippen LogP contribution is -2.35.